The Morgan fingerprint density at radius 2 is 2.07 bits per heavy atom. The van der Waals surface area contributed by atoms with Crippen molar-refractivity contribution in [2.24, 2.45) is 7.05 Å². The van der Waals surface area contributed by atoms with Crippen LogP contribution in [-0.4, -0.2) is 49.4 Å². The summed E-state index contributed by atoms with van der Waals surface area (Å²) in [4.78, 5) is 2.43. The highest BCUT2D eigenvalue weighted by molar-refractivity contribution is 5.85. The van der Waals surface area contributed by atoms with Gasteiger partial charge in [0.1, 0.15) is 11.5 Å². The Labute approximate surface area is 159 Å². The second kappa shape index (κ2) is 8.17. The summed E-state index contributed by atoms with van der Waals surface area (Å²) in [5.41, 5.74) is 2.47. The second-order valence-corrected chi connectivity index (χ2v) is 6.96. The molecule has 0 saturated carbocycles. The first-order valence-electron chi connectivity index (χ1n) is 9.44. The quantitative estimate of drug-likeness (QED) is 0.694. The lowest BCUT2D eigenvalue weighted by atomic mass is 10.1. The van der Waals surface area contributed by atoms with E-state index in [4.69, 9.17) is 13.9 Å². The topological polar surface area (TPSA) is 51.8 Å². The molecule has 1 atom stereocenters. The van der Waals surface area contributed by atoms with Gasteiger partial charge in [-0.2, -0.15) is 0 Å². The second-order valence-electron chi connectivity index (χ2n) is 6.96. The van der Waals surface area contributed by atoms with Crippen LogP contribution in [0.5, 0.6) is 5.75 Å². The van der Waals surface area contributed by atoms with Crippen LogP contribution in [0.4, 0.5) is 0 Å². The summed E-state index contributed by atoms with van der Waals surface area (Å²) in [6.07, 6.45) is 3.94. The normalized spacial score (nSPS) is 16.7. The number of ether oxygens (including phenoxy) is 2. The molecule has 3 aromatic rings. The highest BCUT2D eigenvalue weighted by Gasteiger charge is 2.24. The number of benzene rings is 1. The fourth-order valence-electron chi connectivity index (χ4n) is 3.84. The highest BCUT2D eigenvalue weighted by atomic mass is 16.5. The minimum Gasteiger partial charge on any atom is -0.497 e. The van der Waals surface area contributed by atoms with Gasteiger partial charge in [-0.05, 0) is 29.8 Å². The predicted molar refractivity (Wildman–Crippen MR) is 105 cm³/mol. The summed E-state index contributed by atoms with van der Waals surface area (Å²) < 4.78 is 18.7. The van der Waals surface area contributed by atoms with Crippen molar-refractivity contribution < 1.29 is 13.9 Å². The third-order valence-corrected chi connectivity index (χ3v) is 5.29. The van der Waals surface area contributed by atoms with Crippen LogP contribution < -0.4 is 10.1 Å². The van der Waals surface area contributed by atoms with Crippen LogP contribution in [0.2, 0.25) is 0 Å². The van der Waals surface area contributed by atoms with Crippen molar-refractivity contribution in [1.82, 2.24) is 14.8 Å². The third kappa shape index (κ3) is 3.88. The summed E-state index contributed by atoms with van der Waals surface area (Å²) in [5.74, 6) is 1.89. The average molecular weight is 369 g/mol. The molecule has 0 amide bonds. The first kappa shape index (κ1) is 18.1. The van der Waals surface area contributed by atoms with Crippen molar-refractivity contribution in [3.8, 4) is 5.75 Å². The molecule has 4 rings (SSSR count). The van der Waals surface area contributed by atoms with E-state index in [-0.39, 0.29) is 6.04 Å². The maximum atomic E-state index is 5.71. The SMILES string of the molecule is COc1ccc2c(CNCC(c3ccco3)N3CCOCC3)cn(C)c2c1. The monoisotopic (exact) mass is 369 g/mol. The smallest absolute Gasteiger partial charge is 0.122 e. The number of morpholine rings is 1. The lowest BCUT2D eigenvalue weighted by Crippen LogP contribution is -2.42. The number of fused-ring (bicyclic) bond motifs is 1. The van der Waals surface area contributed by atoms with Gasteiger partial charge in [0.2, 0.25) is 0 Å². The van der Waals surface area contributed by atoms with Gasteiger partial charge < -0.3 is 23.8 Å². The number of hydrogen-bond acceptors (Lipinski definition) is 5. The van der Waals surface area contributed by atoms with E-state index in [0.29, 0.717) is 0 Å². The molecule has 0 aliphatic carbocycles. The van der Waals surface area contributed by atoms with E-state index in [1.807, 2.05) is 12.1 Å². The Kier molecular flexibility index (Phi) is 5.48. The van der Waals surface area contributed by atoms with E-state index in [1.165, 1.54) is 16.5 Å². The fourth-order valence-corrected chi connectivity index (χ4v) is 3.84. The van der Waals surface area contributed by atoms with Gasteiger partial charge in [-0.1, -0.05) is 0 Å². The molecule has 6 nitrogen and oxygen atoms in total. The lowest BCUT2D eigenvalue weighted by Gasteiger charge is -2.33. The van der Waals surface area contributed by atoms with E-state index in [1.54, 1.807) is 13.4 Å². The van der Waals surface area contributed by atoms with E-state index in [9.17, 15) is 0 Å². The minimum absolute atomic E-state index is 0.221. The summed E-state index contributed by atoms with van der Waals surface area (Å²) >= 11 is 0. The van der Waals surface area contributed by atoms with E-state index < -0.39 is 0 Å². The zero-order valence-electron chi connectivity index (χ0n) is 16.0. The lowest BCUT2D eigenvalue weighted by molar-refractivity contribution is 0.0116. The third-order valence-electron chi connectivity index (χ3n) is 5.29. The molecule has 0 radical (unpaired) electrons. The Morgan fingerprint density at radius 1 is 1.22 bits per heavy atom. The van der Waals surface area contributed by atoms with Crippen LogP contribution in [0.3, 0.4) is 0 Å². The van der Waals surface area contributed by atoms with E-state index >= 15 is 0 Å². The molecule has 1 aromatic carbocycles. The van der Waals surface area contributed by atoms with Crippen LogP contribution in [0, 0.1) is 0 Å². The summed E-state index contributed by atoms with van der Waals surface area (Å²) in [5, 5.41) is 4.89. The molecule has 1 saturated heterocycles. The Bertz CT molecular complexity index is 866. The summed E-state index contributed by atoms with van der Waals surface area (Å²) in [7, 11) is 3.78. The summed E-state index contributed by atoms with van der Waals surface area (Å²) in [6, 6.07) is 10.5. The van der Waals surface area contributed by atoms with E-state index in [0.717, 1.165) is 50.9 Å². The fraction of sp³-hybridized carbons (Fsp3) is 0.429. The van der Waals surface area contributed by atoms with Crippen LogP contribution in [-0.2, 0) is 18.3 Å². The molecule has 0 bridgehead atoms. The van der Waals surface area contributed by atoms with Crippen molar-refractivity contribution in [1.29, 1.82) is 0 Å². The molecule has 1 unspecified atom stereocenters. The molecular weight excluding hydrogens is 342 g/mol. The molecule has 1 N–H and O–H groups in total. The maximum Gasteiger partial charge on any atom is 0.122 e. The average Bonchev–Trinajstić information content (AvgIpc) is 3.34. The minimum atomic E-state index is 0.221. The largest absolute Gasteiger partial charge is 0.497 e. The molecule has 1 aliphatic heterocycles. The van der Waals surface area contributed by atoms with Crippen molar-refractivity contribution in [3.05, 3.63) is 54.1 Å². The van der Waals surface area contributed by atoms with Gasteiger partial charge in [0.25, 0.3) is 0 Å². The van der Waals surface area contributed by atoms with Crippen molar-refractivity contribution in [2.75, 3.05) is 40.0 Å². The number of hydrogen-bond donors (Lipinski definition) is 1. The molecule has 2 aromatic heterocycles. The molecule has 6 heteroatoms. The first-order chi connectivity index (χ1) is 13.3. The molecular formula is C21H27N3O3. The highest BCUT2D eigenvalue weighted by Crippen LogP contribution is 2.26. The molecule has 0 spiro atoms. The number of rotatable bonds is 7. The Morgan fingerprint density at radius 3 is 2.81 bits per heavy atom. The first-order valence-corrected chi connectivity index (χ1v) is 9.44. The van der Waals surface area contributed by atoms with Gasteiger partial charge in [-0.15, -0.1) is 0 Å². The van der Waals surface area contributed by atoms with Gasteiger partial charge in [0.05, 0.1) is 38.1 Å². The molecule has 1 fully saturated rings. The van der Waals surface area contributed by atoms with Crippen molar-refractivity contribution >= 4 is 10.9 Å². The van der Waals surface area contributed by atoms with Gasteiger partial charge in [-0.25, -0.2) is 0 Å². The van der Waals surface area contributed by atoms with Gasteiger partial charge >= 0.3 is 0 Å². The predicted octanol–water partition coefficient (Wildman–Crippen LogP) is 2.94. The zero-order valence-corrected chi connectivity index (χ0v) is 16.0. The number of furan rings is 1. The van der Waals surface area contributed by atoms with Crippen LogP contribution in [0.25, 0.3) is 10.9 Å². The number of methoxy groups -OCH3 is 1. The van der Waals surface area contributed by atoms with Gasteiger partial charge in [0, 0.05) is 50.9 Å². The molecule has 144 valence electrons. The standard InChI is InChI=1S/C21H27N3O3/c1-23-15-16(18-6-5-17(25-2)12-19(18)23)13-22-14-20(21-4-3-9-27-21)24-7-10-26-11-8-24/h3-6,9,12,15,20,22H,7-8,10-11,13-14H2,1-2H3. The van der Waals surface area contributed by atoms with E-state index in [2.05, 4.69) is 46.2 Å². The number of aryl methyl sites for hydroxylation is 1. The number of nitrogens with zero attached hydrogens (tertiary/aromatic N) is 2. The van der Waals surface area contributed by atoms with Crippen LogP contribution >= 0.6 is 0 Å². The van der Waals surface area contributed by atoms with Crippen molar-refractivity contribution in [2.45, 2.75) is 12.6 Å². The van der Waals surface area contributed by atoms with Crippen molar-refractivity contribution in [3.63, 3.8) is 0 Å². The van der Waals surface area contributed by atoms with Gasteiger partial charge in [0.15, 0.2) is 0 Å². The Hall–Kier alpha value is -2.28. The Balaban J connectivity index is 1.46. The molecule has 3 heterocycles. The van der Waals surface area contributed by atoms with Gasteiger partial charge in [-0.3, -0.25) is 4.90 Å². The molecule has 27 heavy (non-hydrogen) atoms. The number of aromatic nitrogens is 1. The van der Waals surface area contributed by atoms with Crippen LogP contribution in [0.1, 0.15) is 17.4 Å². The maximum absolute atomic E-state index is 5.71. The number of nitrogens with one attached hydrogen (secondary N) is 1. The van der Waals surface area contributed by atoms with Crippen LogP contribution in [0.15, 0.2) is 47.2 Å². The zero-order chi connectivity index (χ0) is 18.6. The molecule has 1 aliphatic rings. The summed E-state index contributed by atoms with van der Waals surface area (Å²) in [6.45, 7) is 5.07.